The molecule has 1 fully saturated rings. The molecule has 2 aromatic rings. The summed E-state index contributed by atoms with van der Waals surface area (Å²) in [5.41, 5.74) is 1.79. The van der Waals surface area contributed by atoms with Gasteiger partial charge >= 0.3 is 6.36 Å². The summed E-state index contributed by atoms with van der Waals surface area (Å²) in [6, 6.07) is 6.23. The van der Waals surface area contributed by atoms with Gasteiger partial charge in [0.1, 0.15) is 5.75 Å². The molecule has 1 aliphatic rings. The Hall–Kier alpha value is -2.18. The van der Waals surface area contributed by atoms with E-state index in [-0.39, 0.29) is 5.75 Å². The van der Waals surface area contributed by atoms with E-state index in [1.807, 2.05) is 6.33 Å². The van der Waals surface area contributed by atoms with Crippen molar-refractivity contribution >= 4 is 5.69 Å². The van der Waals surface area contributed by atoms with E-state index in [2.05, 4.69) is 19.6 Å². The van der Waals surface area contributed by atoms with Crippen LogP contribution in [0.4, 0.5) is 18.9 Å². The van der Waals surface area contributed by atoms with Gasteiger partial charge in [0, 0.05) is 17.9 Å². The summed E-state index contributed by atoms with van der Waals surface area (Å²) in [4.78, 5) is 4.13. The molecule has 0 bridgehead atoms. The number of rotatable bonds is 5. The number of hydrogen-bond acceptors (Lipinski definition) is 3. The molecular weight excluding hydrogens is 283 g/mol. The Bertz CT molecular complexity index is 603. The smallest absolute Gasteiger partial charge is 0.406 e. The first kappa shape index (κ1) is 13.8. The van der Waals surface area contributed by atoms with Crippen LogP contribution in [0.5, 0.6) is 5.75 Å². The molecule has 0 atom stereocenters. The highest BCUT2D eigenvalue weighted by Crippen LogP contribution is 2.35. The van der Waals surface area contributed by atoms with Crippen molar-refractivity contribution in [1.82, 2.24) is 9.55 Å². The average molecular weight is 297 g/mol. The Morgan fingerprint density at radius 1 is 1.24 bits per heavy atom. The van der Waals surface area contributed by atoms with Gasteiger partial charge in [0.25, 0.3) is 0 Å². The van der Waals surface area contributed by atoms with E-state index >= 15 is 0 Å². The van der Waals surface area contributed by atoms with E-state index in [1.54, 1.807) is 18.3 Å². The lowest BCUT2D eigenvalue weighted by Crippen LogP contribution is -2.17. The molecule has 1 heterocycles. The number of alkyl halides is 3. The number of aromatic nitrogens is 2. The van der Waals surface area contributed by atoms with Crippen molar-refractivity contribution < 1.29 is 17.9 Å². The maximum Gasteiger partial charge on any atom is 0.573 e. The Morgan fingerprint density at radius 2 is 1.95 bits per heavy atom. The molecule has 112 valence electrons. The van der Waals surface area contributed by atoms with Crippen LogP contribution in [0, 0.1) is 0 Å². The molecule has 0 unspecified atom stereocenters. The number of ether oxygens (including phenoxy) is 1. The molecule has 1 N–H and O–H groups in total. The molecular formula is C14H14F3N3O. The predicted octanol–water partition coefficient (Wildman–Crippen LogP) is 3.73. The predicted molar refractivity (Wildman–Crippen MR) is 70.9 cm³/mol. The number of hydrogen-bond donors (Lipinski definition) is 1. The van der Waals surface area contributed by atoms with E-state index in [4.69, 9.17) is 0 Å². The van der Waals surface area contributed by atoms with Crippen LogP contribution in [0.25, 0.3) is 0 Å². The zero-order valence-electron chi connectivity index (χ0n) is 11.1. The zero-order chi connectivity index (χ0) is 14.9. The molecule has 0 radical (unpaired) electrons. The summed E-state index contributed by atoms with van der Waals surface area (Å²) in [5.74, 6) is -0.226. The second-order valence-electron chi connectivity index (χ2n) is 4.95. The first-order chi connectivity index (χ1) is 10.0. The fraction of sp³-hybridized carbons (Fsp3) is 0.357. The van der Waals surface area contributed by atoms with E-state index in [1.165, 1.54) is 25.0 Å². The zero-order valence-corrected chi connectivity index (χ0v) is 11.1. The minimum absolute atomic E-state index is 0.226. The number of benzene rings is 1. The number of anilines is 1. The SMILES string of the molecule is FC(F)(F)Oc1ccc(NCc2cncn2C2CC2)cc1. The average Bonchev–Trinajstić information content (AvgIpc) is 3.15. The summed E-state index contributed by atoms with van der Waals surface area (Å²) in [6.07, 6.45) is 1.30. The molecule has 1 aliphatic carbocycles. The third-order valence-corrected chi connectivity index (χ3v) is 3.25. The third-order valence-electron chi connectivity index (χ3n) is 3.25. The topological polar surface area (TPSA) is 39.1 Å². The first-order valence-corrected chi connectivity index (χ1v) is 6.62. The van der Waals surface area contributed by atoms with E-state index in [0.29, 0.717) is 12.6 Å². The molecule has 1 aromatic heterocycles. The highest BCUT2D eigenvalue weighted by atomic mass is 19.4. The highest BCUT2D eigenvalue weighted by Gasteiger charge is 2.31. The fourth-order valence-electron chi connectivity index (χ4n) is 2.12. The molecule has 3 rings (SSSR count). The van der Waals surface area contributed by atoms with Crippen LogP contribution in [-0.4, -0.2) is 15.9 Å². The maximum atomic E-state index is 12.1. The van der Waals surface area contributed by atoms with Crippen LogP contribution >= 0.6 is 0 Å². The minimum Gasteiger partial charge on any atom is -0.406 e. The second kappa shape index (κ2) is 5.31. The van der Waals surface area contributed by atoms with Crippen LogP contribution in [0.15, 0.2) is 36.8 Å². The van der Waals surface area contributed by atoms with Crippen molar-refractivity contribution in [3.8, 4) is 5.75 Å². The fourth-order valence-corrected chi connectivity index (χ4v) is 2.12. The van der Waals surface area contributed by atoms with E-state index < -0.39 is 6.36 Å². The molecule has 4 nitrogen and oxygen atoms in total. The Labute approximate surface area is 119 Å². The summed E-state index contributed by atoms with van der Waals surface area (Å²) < 4.78 is 42.1. The third kappa shape index (κ3) is 3.68. The summed E-state index contributed by atoms with van der Waals surface area (Å²) >= 11 is 0. The first-order valence-electron chi connectivity index (χ1n) is 6.62. The van der Waals surface area contributed by atoms with Gasteiger partial charge in [-0.05, 0) is 37.1 Å². The van der Waals surface area contributed by atoms with Crippen molar-refractivity contribution in [3.05, 3.63) is 42.5 Å². The molecule has 21 heavy (non-hydrogen) atoms. The van der Waals surface area contributed by atoms with Crippen LogP contribution in [-0.2, 0) is 6.54 Å². The van der Waals surface area contributed by atoms with Gasteiger partial charge in [0.15, 0.2) is 0 Å². The molecule has 0 amide bonds. The largest absolute Gasteiger partial charge is 0.573 e. The van der Waals surface area contributed by atoms with Gasteiger partial charge in [-0.25, -0.2) is 4.98 Å². The number of halogens is 3. The molecule has 0 saturated heterocycles. The van der Waals surface area contributed by atoms with Gasteiger partial charge in [0.2, 0.25) is 0 Å². The molecule has 1 saturated carbocycles. The molecule has 0 aliphatic heterocycles. The van der Waals surface area contributed by atoms with Crippen LogP contribution in [0.2, 0.25) is 0 Å². The monoisotopic (exact) mass is 297 g/mol. The van der Waals surface area contributed by atoms with Crippen molar-refractivity contribution in [2.45, 2.75) is 31.8 Å². The summed E-state index contributed by atoms with van der Waals surface area (Å²) in [7, 11) is 0. The van der Waals surface area contributed by atoms with Gasteiger partial charge < -0.3 is 14.6 Å². The van der Waals surface area contributed by atoms with Gasteiger partial charge in [-0.1, -0.05) is 0 Å². The van der Waals surface area contributed by atoms with Gasteiger partial charge in [-0.15, -0.1) is 13.2 Å². The normalized spacial score (nSPS) is 15.0. The van der Waals surface area contributed by atoms with Crippen molar-refractivity contribution in [3.63, 3.8) is 0 Å². The number of imidazole rings is 1. The Kier molecular flexibility index (Phi) is 3.48. The second-order valence-corrected chi connectivity index (χ2v) is 4.95. The quantitative estimate of drug-likeness (QED) is 0.914. The molecule has 7 heteroatoms. The molecule has 1 aromatic carbocycles. The molecule has 0 spiro atoms. The lowest BCUT2D eigenvalue weighted by atomic mass is 10.3. The lowest BCUT2D eigenvalue weighted by Gasteiger charge is -2.11. The van der Waals surface area contributed by atoms with Gasteiger partial charge in [-0.3, -0.25) is 0 Å². The van der Waals surface area contributed by atoms with Gasteiger partial charge in [-0.2, -0.15) is 0 Å². The minimum atomic E-state index is -4.66. The standard InChI is InChI=1S/C14H14F3N3O/c15-14(16,17)21-13-5-1-10(2-6-13)19-8-12-7-18-9-20(12)11-3-4-11/h1-2,5-7,9,11,19H,3-4,8H2. The van der Waals surface area contributed by atoms with E-state index in [0.717, 1.165) is 11.4 Å². The summed E-state index contributed by atoms with van der Waals surface area (Å²) in [6.45, 7) is 0.579. The van der Waals surface area contributed by atoms with Crippen molar-refractivity contribution in [1.29, 1.82) is 0 Å². The van der Waals surface area contributed by atoms with Gasteiger partial charge in [0.05, 0.1) is 18.6 Å². The van der Waals surface area contributed by atoms with Crippen molar-refractivity contribution in [2.24, 2.45) is 0 Å². The summed E-state index contributed by atoms with van der Waals surface area (Å²) in [5, 5.41) is 3.16. The highest BCUT2D eigenvalue weighted by molar-refractivity contribution is 5.46. The van der Waals surface area contributed by atoms with Crippen LogP contribution in [0.3, 0.4) is 0 Å². The Balaban J connectivity index is 1.59. The number of nitrogens with zero attached hydrogens (tertiary/aromatic N) is 2. The van der Waals surface area contributed by atoms with Crippen LogP contribution in [0.1, 0.15) is 24.6 Å². The lowest BCUT2D eigenvalue weighted by molar-refractivity contribution is -0.274. The van der Waals surface area contributed by atoms with Crippen molar-refractivity contribution in [2.75, 3.05) is 5.32 Å². The maximum absolute atomic E-state index is 12.1. The Morgan fingerprint density at radius 3 is 2.57 bits per heavy atom. The van der Waals surface area contributed by atoms with Crippen LogP contribution < -0.4 is 10.1 Å². The number of nitrogens with one attached hydrogen (secondary N) is 1. The van der Waals surface area contributed by atoms with E-state index in [9.17, 15) is 13.2 Å².